The largest absolute Gasteiger partial charge is 0.461 e. The maximum absolute atomic E-state index is 12.6. The number of nitrogens with one attached hydrogen (secondary N) is 1. The molecule has 9 nitrogen and oxygen atoms in total. The first-order valence-corrected chi connectivity index (χ1v) is 15.1. The number of hydrogen-bond acceptors (Lipinski definition) is 8. The highest BCUT2D eigenvalue weighted by molar-refractivity contribution is 9.10. The SMILES string of the molecule is CCOC(=O)c1ncoc1-c1ccc(Br)c(C)c1NC1CC1.Cc1c(Br)ccc2c3ocnc3c(=O)n(C3CC3)c12. The van der Waals surface area contributed by atoms with Gasteiger partial charge in [0, 0.05) is 37.7 Å². The molecule has 212 valence electrons. The summed E-state index contributed by atoms with van der Waals surface area (Å²) < 4.78 is 19.9. The number of pyridine rings is 1. The van der Waals surface area contributed by atoms with E-state index in [1.165, 1.54) is 12.8 Å². The number of anilines is 1. The van der Waals surface area contributed by atoms with Crippen LogP contribution in [0.4, 0.5) is 5.69 Å². The van der Waals surface area contributed by atoms with Crippen LogP contribution in [0.25, 0.3) is 33.3 Å². The van der Waals surface area contributed by atoms with E-state index in [9.17, 15) is 9.59 Å². The topological polar surface area (TPSA) is 112 Å². The zero-order valence-corrected chi connectivity index (χ0v) is 26.0. The monoisotopic (exact) mass is 682 g/mol. The first-order chi connectivity index (χ1) is 19.8. The van der Waals surface area contributed by atoms with Gasteiger partial charge in [-0.2, -0.15) is 0 Å². The smallest absolute Gasteiger partial charge is 0.360 e. The minimum atomic E-state index is -0.468. The Balaban J connectivity index is 0.000000149. The molecule has 5 aromatic rings. The van der Waals surface area contributed by atoms with Crippen molar-refractivity contribution in [2.75, 3.05) is 11.9 Å². The van der Waals surface area contributed by atoms with Crippen LogP contribution in [0.3, 0.4) is 0 Å². The van der Waals surface area contributed by atoms with Crippen molar-refractivity contribution in [3.8, 4) is 11.3 Å². The Labute approximate surface area is 252 Å². The van der Waals surface area contributed by atoms with Crippen LogP contribution in [0.2, 0.25) is 0 Å². The second-order valence-electron chi connectivity index (χ2n) is 10.3. The van der Waals surface area contributed by atoms with Crippen molar-refractivity contribution >= 4 is 65.5 Å². The number of esters is 1. The van der Waals surface area contributed by atoms with Crippen LogP contribution in [0.5, 0.6) is 0 Å². The van der Waals surface area contributed by atoms with Crippen molar-refractivity contribution in [3.05, 3.63) is 73.2 Å². The van der Waals surface area contributed by atoms with Gasteiger partial charge in [0.1, 0.15) is 0 Å². The van der Waals surface area contributed by atoms with Gasteiger partial charge in [-0.3, -0.25) is 4.79 Å². The Kier molecular flexibility index (Phi) is 7.50. The van der Waals surface area contributed by atoms with E-state index in [2.05, 4.69) is 47.1 Å². The zero-order chi connectivity index (χ0) is 28.8. The van der Waals surface area contributed by atoms with Gasteiger partial charge in [0.15, 0.2) is 35.3 Å². The Hall–Kier alpha value is -3.44. The fourth-order valence-electron chi connectivity index (χ4n) is 4.93. The van der Waals surface area contributed by atoms with E-state index in [0.717, 1.165) is 67.9 Å². The summed E-state index contributed by atoms with van der Waals surface area (Å²) in [6, 6.07) is 8.63. The minimum Gasteiger partial charge on any atom is -0.461 e. The molecular formula is C30H28Br2N4O5. The predicted octanol–water partition coefficient (Wildman–Crippen LogP) is 7.71. The van der Waals surface area contributed by atoms with Crippen LogP contribution in [0.15, 0.2) is 59.6 Å². The lowest BCUT2D eigenvalue weighted by Gasteiger charge is -2.15. The molecule has 2 saturated carbocycles. The van der Waals surface area contributed by atoms with Gasteiger partial charge < -0.3 is 23.5 Å². The van der Waals surface area contributed by atoms with Crippen molar-refractivity contribution in [1.82, 2.24) is 14.5 Å². The molecule has 3 heterocycles. The third-order valence-electron chi connectivity index (χ3n) is 7.36. The highest BCUT2D eigenvalue weighted by Crippen LogP contribution is 2.40. The van der Waals surface area contributed by atoms with E-state index >= 15 is 0 Å². The van der Waals surface area contributed by atoms with Gasteiger partial charge >= 0.3 is 5.97 Å². The molecule has 0 atom stereocenters. The van der Waals surface area contributed by atoms with E-state index in [1.54, 1.807) is 6.92 Å². The summed E-state index contributed by atoms with van der Waals surface area (Å²) in [6.07, 6.45) is 7.06. The van der Waals surface area contributed by atoms with Crippen molar-refractivity contribution in [2.45, 2.75) is 58.5 Å². The summed E-state index contributed by atoms with van der Waals surface area (Å²) in [4.78, 5) is 32.7. The first kappa shape index (κ1) is 27.7. The number of rotatable bonds is 6. The van der Waals surface area contributed by atoms with Gasteiger partial charge in [0.25, 0.3) is 5.56 Å². The normalized spacial score (nSPS) is 14.7. The second kappa shape index (κ2) is 11.1. The number of carbonyl (C=O) groups is 1. The molecule has 0 aliphatic heterocycles. The average molecular weight is 684 g/mol. The highest BCUT2D eigenvalue weighted by atomic mass is 79.9. The number of hydrogen-bond donors (Lipinski definition) is 1. The Morgan fingerprint density at radius 2 is 1.73 bits per heavy atom. The lowest BCUT2D eigenvalue weighted by atomic mass is 10.0. The quantitative estimate of drug-likeness (QED) is 0.181. The fraction of sp³-hybridized carbons (Fsp3) is 0.333. The van der Waals surface area contributed by atoms with Gasteiger partial charge in [-0.25, -0.2) is 14.8 Å². The fourth-order valence-corrected chi connectivity index (χ4v) is 5.58. The number of fused-ring (bicyclic) bond motifs is 3. The van der Waals surface area contributed by atoms with Crippen LogP contribution in [0.1, 0.15) is 60.3 Å². The number of nitrogens with zero attached hydrogens (tertiary/aromatic N) is 3. The Morgan fingerprint density at radius 1 is 1.02 bits per heavy atom. The van der Waals surface area contributed by atoms with Crippen LogP contribution >= 0.6 is 31.9 Å². The van der Waals surface area contributed by atoms with E-state index in [1.807, 2.05) is 42.7 Å². The molecule has 0 unspecified atom stereocenters. The van der Waals surface area contributed by atoms with Gasteiger partial charge in [-0.15, -0.1) is 0 Å². The van der Waals surface area contributed by atoms with Gasteiger partial charge in [0.2, 0.25) is 0 Å². The predicted molar refractivity (Wildman–Crippen MR) is 163 cm³/mol. The molecule has 2 aliphatic carbocycles. The standard InChI is InChI=1S/C16H17BrN2O3.C14H11BrN2O2/c1-3-21-16(20)14-15(22-8-18-14)11-6-7-12(17)9(2)13(11)19-10-4-5-10;1-7-10(15)5-4-9-12(7)17(8-2-3-8)14(18)11-13(9)19-6-16-11/h6-8,10,19H,3-5H2,1-2H3;4-6,8H,2-3H2,1H3. The molecule has 2 fully saturated rings. The van der Waals surface area contributed by atoms with Crippen molar-refractivity contribution in [3.63, 3.8) is 0 Å². The van der Waals surface area contributed by atoms with E-state index in [4.69, 9.17) is 13.6 Å². The molecule has 0 amide bonds. The lowest BCUT2D eigenvalue weighted by Crippen LogP contribution is -2.20. The van der Waals surface area contributed by atoms with Gasteiger partial charge in [0.05, 0.1) is 12.1 Å². The van der Waals surface area contributed by atoms with Crippen molar-refractivity contribution in [1.29, 1.82) is 0 Å². The summed E-state index contributed by atoms with van der Waals surface area (Å²) in [6.45, 7) is 6.12. The molecule has 11 heteroatoms. The number of oxazole rings is 2. The van der Waals surface area contributed by atoms with Crippen molar-refractivity contribution in [2.24, 2.45) is 0 Å². The summed E-state index contributed by atoms with van der Waals surface area (Å²) in [5.41, 5.74) is 6.10. The lowest BCUT2D eigenvalue weighted by molar-refractivity contribution is 0.0520. The van der Waals surface area contributed by atoms with Crippen LogP contribution < -0.4 is 10.9 Å². The van der Waals surface area contributed by atoms with Crippen LogP contribution in [-0.2, 0) is 4.74 Å². The third-order valence-corrected chi connectivity index (χ3v) is 9.07. The van der Waals surface area contributed by atoms with E-state index in [-0.39, 0.29) is 11.3 Å². The summed E-state index contributed by atoms with van der Waals surface area (Å²) in [5.74, 6) is -0.0265. The van der Waals surface area contributed by atoms with Crippen LogP contribution in [0, 0.1) is 13.8 Å². The molecule has 2 aliphatic rings. The summed E-state index contributed by atoms with van der Waals surface area (Å²) in [7, 11) is 0. The van der Waals surface area contributed by atoms with Gasteiger partial charge in [-0.1, -0.05) is 31.9 Å². The molecule has 0 spiro atoms. The molecule has 7 rings (SSSR count). The van der Waals surface area contributed by atoms with Crippen LogP contribution in [-0.4, -0.2) is 33.2 Å². The molecule has 0 bridgehead atoms. The molecular weight excluding hydrogens is 656 g/mol. The molecule has 1 N–H and O–H groups in total. The zero-order valence-electron chi connectivity index (χ0n) is 22.8. The second-order valence-corrected chi connectivity index (χ2v) is 12.0. The first-order valence-electron chi connectivity index (χ1n) is 13.5. The highest BCUT2D eigenvalue weighted by Gasteiger charge is 2.30. The number of carbonyl (C=O) groups excluding carboxylic acids is 1. The van der Waals surface area contributed by atoms with E-state index in [0.29, 0.717) is 35.6 Å². The summed E-state index contributed by atoms with van der Waals surface area (Å²) in [5, 5.41) is 4.47. The average Bonchev–Trinajstić information content (AvgIpc) is 3.87. The number of benzene rings is 2. The summed E-state index contributed by atoms with van der Waals surface area (Å²) >= 11 is 7.09. The number of ether oxygens (including phenoxy) is 1. The maximum Gasteiger partial charge on any atom is 0.360 e. The molecule has 0 radical (unpaired) electrons. The molecule has 41 heavy (non-hydrogen) atoms. The number of aromatic nitrogens is 3. The van der Waals surface area contributed by atoms with E-state index < -0.39 is 5.97 Å². The maximum atomic E-state index is 12.6. The van der Waals surface area contributed by atoms with Crippen molar-refractivity contribution < 1.29 is 18.4 Å². The third kappa shape index (κ3) is 5.21. The molecule has 3 aromatic heterocycles. The molecule has 2 aromatic carbocycles. The minimum absolute atomic E-state index is 0.0417. The Morgan fingerprint density at radius 3 is 2.44 bits per heavy atom. The molecule has 0 saturated heterocycles. The van der Waals surface area contributed by atoms with Gasteiger partial charge in [-0.05, 0) is 81.8 Å². The number of aryl methyl sites for hydroxylation is 1. The Bertz CT molecular complexity index is 1850. The number of halogens is 2.